The van der Waals surface area contributed by atoms with E-state index in [0.717, 1.165) is 51.5 Å². The summed E-state index contributed by atoms with van der Waals surface area (Å²) in [6.07, 6.45) is -10.0. The summed E-state index contributed by atoms with van der Waals surface area (Å²) in [5.74, 6) is 0.572. The van der Waals surface area contributed by atoms with E-state index >= 15 is 0 Å². The van der Waals surface area contributed by atoms with E-state index in [1.807, 2.05) is 51.7 Å². The maximum Gasteiger partial charge on any atom is 0.326 e. The molecule has 0 aliphatic carbocycles. The van der Waals surface area contributed by atoms with Gasteiger partial charge in [-0.05, 0) is 250 Å². The summed E-state index contributed by atoms with van der Waals surface area (Å²) in [5.41, 5.74) is 4.80. The number of piperazine rings is 1. The van der Waals surface area contributed by atoms with Crippen LogP contribution in [0.5, 0.6) is 0 Å². The van der Waals surface area contributed by atoms with Crippen LogP contribution in [0.4, 0.5) is 5.88 Å². The summed E-state index contributed by atoms with van der Waals surface area (Å²) in [6.45, 7) is 36.6. The normalized spacial score (nSPS) is 19.8. The van der Waals surface area contributed by atoms with Gasteiger partial charge < -0.3 is 130 Å². The molecule has 5 saturated heterocycles. The number of nitrogens with zero attached hydrogens (tertiary/aromatic N) is 24. The molecule has 854 valence electrons. The Morgan fingerprint density at radius 2 is 0.810 bits per heavy atom. The van der Waals surface area contributed by atoms with Crippen LogP contribution in [-0.2, 0) is 67.6 Å². The van der Waals surface area contributed by atoms with Gasteiger partial charge in [-0.2, -0.15) is 30.3 Å². The molecule has 1 aromatic heterocycles. The molecule has 0 aromatic carbocycles. The third-order valence-corrected chi connectivity index (χ3v) is 22.4. The van der Waals surface area contributed by atoms with E-state index < -0.39 is 147 Å². The molecule has 5 aliphatic rings. The van der Waals surface area contributed by atoms with E-state index in [4.69, 9.17) is 10.3 Å². The highest BCUT2D eigenvalue weighted by Crippen LogP contribution is 2.44. The standard InChI is InChI=1S/C11H18N6O6.C11H24N2O.2C10H22N2O.C9H20N2O.C8H14N6O15.C7H12N6O15.C6H13N3O6/c1-2-21-11(18)12-10-9-16(13-23-10)15-5-3-14(4-6-15)7-8-22-17(19)20;1-10(2)7-9(12(5)6)8-11(3,4)13(10)14;1-9(2)6-8(7-11-5)10(3,4)12(9)13;1-9(2)6-8(11-5)7-10(3,4)12(9)13;1-8(2)5-7(10)6-9(3,4)11(8)12;1-9(2)3-5(26-11(17)18)7(28-13(21)22)8(29-14(23)24)6(27-12(19)20)4-25-10(15)16;1-8-2-4(25-10(16)17)6(27-12(20)21)7(28-13(22)23)5(26-11(18)19)3-24-9(14)15;10-8(11)14-5-1-3-7-4-2-6-15-9(12)13/h9H,2-8H2,1H3;9,14H,7-8H2,1-6H3;2*8,11,13H,6-7H2,1-5H3;7,12H,5-6,10H2,1-4H3;5-8H,3-4H2,1-2H3;4-8H,2-3H2,1H3;7H,1-6H2/t;;;;;5-,6+,7+,8+;4-,5+,6+,7+;/m.....00./s1. The van der Waals surface area contributed by atoms with Crippen LogP contribution in [0.1, 0.15) is 175 Å². The Morgan fingerprint density at radius 1 is 0.469 bits per heavy atom. The Hall–Kier alpha value is -12.8. The lowest BCUT2D eigenvalue weighted by atomic mass is 9.78. The number of hydrogen-bond donors (Lipinski definition) is 9. The number of nitrogens with one attached hydrogen (secondary N) is 4. The van der Waals surface area contributed by atoms with E-state index in [0.29, 0.717) is 76.7 Å². The molecule has 5 aliphatic heterocycles. The summed E-state index contributed by atoms with van der Waals surface area (Å²) in [7, 11) is 12.0. The molecule has 10 N–H and O–H groups in total. The van der Waals surface area contributed by atoms with E-state index in [2.05, 4.69) is 201 Å². The zero-order chi connectivity index (χ0) is 114. The van der Waals surface area contributed by atoms with Gasteiger partial charge in [-0.3, -0.25) is 9.42 Å². The fraction of sp³-hybridized carbons (Fsp3) is 0.958. The summed E-state index contributed by atoms with van der Waals surface area (Å²) in [5, 5.41) is 193. The highest BCUT2D eigenvalue weighted by Gasteiger charge is 2.53. The molecule has 1 unspecified atom stereocenters. The number of hydrogen-bond acceptors (Lipinski definition) is 61. The van der Waals surface area contributed by atoms with Gasteiger partial charge in [-0.1, -0.05) is 6.92 Å². The van der Waals surface area contributed by atoms with Gasteiger partial charge in [0.15, 0.2) is 42.7 Å². The van der Waals surface area contributed by atoms with Crippen molar-refractivity contribution < 1.29 is 169 Å². The van der Waals surface area contributed by atoms with Crippen molar-refractivity contribution in [3.05, 3.63) is 138 Å². The van der Waals surface area contributed by atoms with Crippen molar-refractivity contribution in [3.63, 3.8) is 0 Å². The fourth-order valence-electron chi connectivity index (χ4n) is 16.5. The lowest BCUT2D eigenvalue weighted by Gasteiger charge is -2.52. The third-order valence-electron chi connectivity index (χ3n) is 22.4. The Kier molecular flexibility index (Phi) is 59.6. The van der Waals surface area contributed by atoms with Gasteiger partial charge in [0.2, 0.25) is 5.27 Å². The van der Waals surface area contributed by atoms with Crippen LogP contribution in [0.3, 0.4) is 0 Å². The van der Waals surface area contributed by atoms with Crippen LogP contribution in [-0.4, -0.2) is 399 Å². The lowest BCUT2D eigenvalue weighted by molar-refractivity contribution is -0.831. The SMILES string of the molecule is CC1(C)CC(N)CC(C)(C)N1O.CCOC([O-])=Nc1c[n+](N2CCN(CCO[N+](=O)[O-])CC2)no1.CN(C)C1CC(C)(C)N(O)C(C)(C)C1.CN(C)C[C@H](O[N+](=O)[O-])[C@@H](O[N+](=O)[O-])[C@H](O[N+](=O)[O-])[C@@H](CO[N+](=O)[O-])O[N+](=O)[O-].CNC1CC(C)(C)N(O)C(C)(C)C1.CNCC1CC(C)(C)N(O)C1(C)C.CNC[C@H](O[N+](=O)[O-])[C@@H](O[N+](=O)[O-])[C@H](O[N+](=O)[O-])[C@@H](CO[N+](=O)[O-])O[N+](=O)[O-].O=[N+]([O-])OCCCNCCCO[N+](=O)[O-]. The Morgan fingerprint density at radius 3 is 1.14 bits per heavy atom. The fourth-order valence-corrected chi connectivity index (χ4v) is 16.5. The number of nitrogens with two attached hydrogens (primary N) is 1. The van der Waals surface area contributed by atoms with Gasteiger partial charge in [0, 0.05) is 95.2 Å². The van der Waals surface area contributed by atoms with Crippen LogP contribution < -0.4 is 41.9 Å². The molecule has 75 nitrogen and oxygen atoms in total. The second-order valence-corrected chi connectivity index (χ2v) is 38.3. The molecular formula is C72H145N29O46. The van der Waals surface area contributed by atoms with Crippen LogP contribution in [0.15, 0.2) is 15.7 Å². The second-order valence-electron chi connectivity index (χ2n) is 38.3. The number of aromatic nitrogens is 2. The lowest BCUT2D eigenvalue weighted by Crippen LogP contribution is -2.65. The number of likely N-dealkylation sites (N-methyl/N-ethyl adjacent to an activating group) is 2. The van der Waals surface area contributed by atoms with Gasteiger partial charge in [0.1, 0.15) is 32.0 Å². The average Bonchev–Trinajstić information content (AvgIpc) is 1.53. The van der Waals surface area contributed by atoms with Crippen molar-refractivity contribution in [2.45, 2.75) is 287 Å². The first kappa shape index (κ1) is 136. The Balaban J connectivity index is 0. The number of aliphatic imine (C=N–C) groups is 1. The molecule has 6 heterocycles. The van der Waals surface area contributed by atoms with Gasteiger partial charge in [0.25, 0.3) is 72.3 Å². The Labute approximate surface area is 840 Å². The van der Waals surface area contributed by atoms with Crippen molar-refractivity contribution >= 4 is 12.0 Å². The van der Waals surface area contributed by atoms with Crippen molar-refractivity contribution in [3.8, 4) is 0 Å². The summed E-state index contributed by atoms with van der Waals surface area (Å²) >= 11 is 0. The van der Waals surface area contributed by atoms with Gasteiger partial charge in [-0.15, -0.1) is 131 Å². The first-order chi connectivity index (χ1) is 67.5. The van der Waals surface area contributed by atoms with Gasteiger partial charge >= 0.3 is 5.88 Å². The van der Waals surface area contributed by atoms with E-state index in [1.54, 1.807) is 6.92 Å². The molecule has 0 saturated carbocycles. The van der Waals surface area contributed by atoms with Crippen molar-refractivity contribution in [1.29, 1.82) is 0 Å². The van der Waals surface area contributed by atoms with Crippen molar-refractivity contribution in [2.75, 3.05) is 159 Å². The highest BCUT2D eigenvalue weighted by molar-refractivity contribution is 5.64. The number of ether oxygens (including phenoxy) is 1. The number of piperidine rings is 3. The monoisotopic (exact) mass is 2150 g/mol. The zero-order valence-electron chi connectivity index (χ0n) is 86.4. The highest BCUT2D eigenvalue weighted by atomic mass is 17.0. The smallest absolute Gasteiger partial charge is 0.326 e. The molecule has 75 heteroatoms. The van der Waals surface area contributed by atoms with Gasteiger partial charge in [-0.25, -0.2) is 0 Å². The summed E-state index contributed by atoms with van der Waals surface area (Å²) in [4.78, 5) is 199. The molecule has 0 amide bonds. The first-order valence-corrected chi connectivity index (χ1v) is 44.9. The predicted octanol–water partition coefficient (Wildman–Crippen LogP) is -0.228. The van der Waals surface area contributed by atoms with Crippen LogP contribution >= 0.6 is 0 Å². The van der Waals surface area contributed by atoms with E-state index in [9.17, 15) is 157 Å². The molecule has 0 radical (unpaired) electrons. The minimum absolute atomic E-state index is 0.0470. The molecule has 6 rings (SSSR count). The van der Waals surface area contributed by atoms with E-state index in [1.165, 1.54) is 57.3 Å². The molecule has 9 atom stereocenters. The topological polar surface area (TPSA) is 936 Å². The van der Waals surface area contributed by atoms with Gasteiger partial charge in [0.05, 0.1) is 31.1 Å². The van der Waals surface area contributed by atoms with Crippen LogP contribution in [0, 0.1) is 137 Å². The molecule has 1 aromatic rings. The second kappa shape index (κ2) is 64.3. The Bertz CT molecular complexity index is 4130. The minimum atomic E-state index is -2.51. The summed E-state index contributed by atoms with van der Waals surface area (Å²) < 4.78 is 9.63. The van der Waals surface area contributed by atoms with Crippen LogP contribution in [0.25, 0.3) is 0 Å². The molecular weight excluding hydrogens is 2010 g/mol. The first-order valence-electron chi connectivity index (χ1n) is 44.9. The quantitative estimate of drug-likeness (QED) is 0.0102. The zero-order valence-corrected chi connectivity index (χ0v) is 86.4. The van der Waals surface area contributed by atoms with Crippen molar-refractivity contribution in [1.82, 2.24) is 61.5 Å². The maximum absolute atomic E-state index is 11.2. The molecule has 5 fully saturated rings. The van der Waals surface area contributed by atoms with Crippen LogP contribution in [0.2, 0.25) is 0 Å². The maximum atomic E-state index is 11.2. The largest absolute Gasteiger partial charge is 0.600 e. The molecule has 147 heavy (non-hydrogen) atoms. The van der Waals surface area contributed by atoms with E-state index in [-0.39, 0.29) is 82.7 Å². The third kappa shape index (κ3) is 53.9. The number of rotatable bonds is 53. The minimum Gasteiger partial charge on any atom is -0.600 e. The van der Waals surface area contributed by atoms with Crippen molar-refractivity contribution in [2.24, 2.45) is 16.6 Å². The number of hydroxylamine groups is 8. The molecule has 0 bridgehead atoms. The average molecular weight is 2150 g/mol. The molecule has 0 spiro atoms. The predicted molar refractivity (Wildman–Crippen MR) is 489 cm³/mol. The summed E-state index contributed by atoms with van der Waals surface area (Å²) in [6, 6.07) is 1.27.